The molecule has 0 aromatic carbocycles. The summed E-state index contributed by atoms with van der Waals surface area (Å²) in [5, 5.41) is 12.3. The minimum absolute atomic E-state index is 0.0413. The highest BCUT2D eigenvalue weighted by Crippen LogP contribution is 2.22. The first-order chi connectivity index (χ1) is 7.29. The van der Waals surface area contributed by atoms with E-state index < -0.39 is 0 Å². The summed E-state index contributed by atoms with van der Waals surface area (Å²) in [5.41, 5.74) is 5.89. The smallest absolute Gasteiger partial charge is 0.134 e. The van der Waals surface area contributed by atoms with Crippen LogP contribution in [0.2, 0.25) is 0 Å². The van der Waals surface area contributed by atoms with E-state index in [1.54, 1.807) is 22.7 Å². The summed E-state index contributed by atoms with van der Waals surface area (Å²) in [6.45, 7) is 2.06. The Bertz CT molecular complexity index is 408. The van der Waals surface area contributed by atoms with Crippen LogP contribution in [0.25, 0.3) is 0 Å². The predicted octanol–water partition coefficient (Wildman–Crippen LogP) is 2.60. The highest BCUT2D eigenvalue weighted by Gasteiger charge is 2.10. The average molecular weight is 239 g/mol. The number of hydrogen-bond donors (Lipinski definition) is 1. The van der Waals surface area contributed by atoms with E-state index in [0.29, 0.717) is 0 Å². The van der Waals surface area contributed by atoms with E-state index >= 15 is 0 Å². The van der Waals surface area contributed by atoms with Gasteiger partial charge in [-0.3, -0.25) is 0 Å². The van der Waals surface area contributed by atoms with Gasteiger partial charge in [-0.05, 0) is 17.9 Å². The largest absolute Gasteiger partial charge is 0.322 e. The van der Waals surface area contributed by atoms with Crippen LogP contribution in [-0.4, -0.2) is 10.2 Å². The normalized spacial score (nSPS) is 12.9. The van der Waals surface area contributed by atoms with Gasteiger partial charge in [0.2, 0.25) is 0 Å². The summed E-state index contributed by atoms with van der Waals surface area (Å²) in [7, 11) is 0. The maximum absolute atomic E-state index is 5.89. The van der Waals surface area contributed by atoms with Gasteiger partial charge < -0.3 is 5.73 Å². The van der Waals surface area contributed by atoms with Crippen molar-refractivity contribution in [3.8, 4) is 0 Å². The Morgan fingerprint density at radius 3 is 3.00 bits per heavy atom. The summed E-state index contributed by atoms with van der Waals surface area (Å²) >= 11 is 3.37. The van der Waals surface area contributed by atoms with Gasteiger partial charge >= 0.3 is 0 Å². The summed E-state index contributed by atoms with van der Waals surface area (Å²) in [6.07, 6.45) is 1.79. The Hall–Kier alpha value is -0.780. The van der Waals surface area contributed by atoms with Crippen molar-refractivity contribution in [1.29, 1.82) is 0 Å². The fourth-order valence-corrected chi connectivity index (χ4v) is 2.98. The molecule has 0 spiro atoms. The lowest BCUT2D eigenvalue weighted by Gasteiger charge is -2.00. The van der Waals surface area contributed by atoms with Crippen LogP contribution in [0.4, 0.5) is 0 Å². The van der Waals surface area contributed by atoms with Crippen LogP contribution >= 0.6 is 22.7 Å². The predicted molar refractivity (Wildman–Crippen MR) is 64.3 cm³/mol. The maximum atomic E-state index is 5.89. The van der Waals surface area contributed by atoms with E-state index in [0.717, 1.165) is 22.9 Å². The lowest BCUT2D eigenvalue weighted by Crippen LogP contribution is -2.07. The number of aromatic nitrogens is 2. The quantitative estimate of drug-likeness (QED) is 0.892. The molecule has 0 aliphatic carbocycles. The third-order valence-corrected chi connectivity index (χ3v) is 4.08. The van der Waals surface area contributed by atoms with Crippen LogP contribution in [0.1, 0.15) is 34.3 Å². The molecule has 0 fully saturated rings. The van der Waals surface area contributed by atoms with Crippen molar-refractivity contribution in [3.05, 3.63) is 32.4 Å². The minimum Gasteiger partial charge on any atom is -0.322 e. The molecule has 5 heteroatoms. The van der Waals surface area contributed by atoms with Gasteiger partial charge in [0.1, 0.15) is 10.0 Å². The molecule has 0 saturated heterocycles. The monoisotopic (exact) mass is 239 g/mol. The van der Waals surface area contributed by atoms with Gasteiger partial charge in [0.25, 0.3) is 0 Å². The van der Waals surface area contributed by atoms with Gasteiger partial charge in [0.05, 0.1) is 6.04 Å². The second kappa shape index (κ2) is 4.83. The Morgan fingerprint density at radius 1 is 1.47 bits per heavy atom. The molecule has 0 aliphatic rings. The van der Waals surface area contributed by atoms with Crippen LogP contribution in [-0.2, 0) is 6.42 Å². The lowest BCUT2D eigenvalue weighted by molar-refractivity contribution is 0.682. The summed E-state index contributed by atoms with van der Waals surface area (Å²) in [4.78, 5) is 1.32. The fourth-order valence-electron chi connectivity index (χ4n) is 1.22. The van der Waals surface area contributed by atoms with Gasteiger partial charge in [-0.2, -0.15) is 0 Å². The molecule has 2 aromatic heterocycles. The van der Waals surface area contributed by atoms with Crippen LogP contribution in [0.5, 0.6) is 0 Å². The summed E-state index contributed by atoms with van der Waals surface area (Å²) in [6, 6.07) is 4.21. The Morgan fingerprint density at radius 2 is 2.33 bits per heavy atom. The lowest BCUT2D eigenvalue weighted by atomic mass is 10.3. The molecule has 1 unspecified atom stereocenters. The standard InChI is InChI=1S/C10H13N3S2/c1-2-8(11)10-13-12-9(15-10)6-7-4-3-5-14-7/h3-5,8H,2,6,11H2,1H3. The molecule has 2 heterocycles. The maximum Gasteiger partial charge on any atom is 0.134 e. The molecule has 0 radical (unpaired) electrons. The zero-order chi connectivity index (χ0) is 10.7. The van der Waals surface area contributed by atoms with Crippen molar-refractivity contribution in [2.75, 3.05) is 0 Å². The molecule has 0 amide bonds. The Balaban J connectivity index is 2.07. The second-order valence-corrected chi connectivity index (χ2v) is 5.43. The topological polar surface area (TPSA) is 51.8 Å². The molecular formula is C10H13N3S2. The molecular weight excluding hydrogens is 226 g/mol. The molecule has 0 saturated carbocycles. The first kappa shape index (κ1) is 10.7. The number of nitrogens with zero attached hydrogens (tertiary/aromatic N) is 2. The Kier molecular flexibility index (Phi) is 3.45. The highest BCUT2D eigenvalue weighted by molar-refractivity contribution is 7.12. The van der Waals surface area contributed by atoms with Gasteiger partial charge in [-0.25, -0.2) is 0 Å². The minimum atomic E-state index is 0.0413. The van der Waals surface area contributed by atoms with E-state index in [4.69, 9.17) is 5.73 Å². The highest BCUT2D eigenvalue weighted by atomic mass is 32.1. The van der Waals surface area contributed by atoms with Gasteiger partial charge in [-0.15, -0.1) is 21.5 Å². The number of rotatable bonds is 4. The van der Waals surface area contributed by atoms with E-state index in [1.165, 1.54) is 4.88 Å². The van der Waals surface area contributed by atoms with E-state index in [-0.39, 0.29) is 6.04 Å². The fraction of sp³-hybridized carbons (Fsp3) is 0.400. The Labute approximate surface area is 97.0 Å². The SMILES string of the molecule is CCC(N)c1nnc(Cc2cccs2)s1. The summed E-state index contributed by atoms with van der Waals surface area (Å²) in [5.74, 6) is 0. The van der Waals surface area contributed by atoms with Gasteiger partial charge in [0.15, 0.2) is 0 Å². The zero-order valence-electron chi connectivity index (χ0n) is 8.51. The van der Waals surface area contributed by atoms with Crippen molar-refractivity contribution < 1.29 is 0 Å². The van der Waals surface area contributed by atoms with E-state index in [9.17, 15) is 0 Å². The second-order valence-electron chi connectivity index (χ2n) is 3.30. The molecule has 80 valence electrons. The van der Waals surface area contributed by atoms with Crippen LogP contribution in [0.3, 0.4) is 0 Å². The first-order valence-electron chi connectivity index (χ1n) is 4.90. The average Bonchev–Trinajstić information content (AvgIpc) is 2.88. The van der Waals surface area contributed by atoms with Crippen LogP contribution < -0.4 is 5.73 Å². The molecule has 1 atom stereocenters. The molecule has 2 N–H and O–H groups in total. The molecule has 2 aromatic rings. The van der Waals surface area contributed by atoms with Gasteiger partial charge in [0, 0.05) is 11.3 Å². The molecule has 2 rings (SSSR count). The third-order valence-electron chi connectivity index (χ3n) is 2.15. The number of nitrogens with two attached hydrogens (primary N) is 1. The van der Waals surface area contributed by atoms with Crippen molar-refractivity contribution in [2.24, 2.45) is 5.73 Å². The first-order valence-corrected chi connectivity index (χ1v) is 6.59. The van der Waals surface area contributed by atoms with E-state index in [2.05, 4.69) is 34.6 Å². The summed E-state index contributed by atoms with van der Waals surface area (Å²) < 4.78 is 0. The van der Waals surface area contributed by atoms with Gasteiger partial charge in [-0.1, -0.05) is 24.3 Å². The molecule has 15 heavy (non-hydrogen) atoms. The van der Waals surface area contributed by atoms with Crippen LogP contribution in [0, 0.1) is 0 Å². The van der Waals surface area contributed by atoms with Crippen molar-refractivity contribution in [3.63, 3.8) is 0 Å². The van der Waals surface area contributed by atoms with Crippen molar-refractivity contribution in [2.45, 2.75) is 25.8 Å². The van der Waals surface area contributed by atoms with Crippen LogP contribution in [0.15, 0.2) is 17.5 Å². The number of hydrogen-bond acceptors (Lipinski definition) is 5. The molecule has 0 aliphatic heterocycles. The third kappa shape index (κ3) is 2.62. The number of thiophene rings is 1. The van der Waals surface area contributed by atoms with E-state index in [1.807, 2.05) is 0 Å². The molecule has 0 bridgehead atoms. The van der Waals surface area contributed by atoms with Crippen molar-refractivity contribution in [1.82, 2.24) is 10.2 Å². The zero-order valence-corrected chi connectivity index (χ0v) is 10.1. The molecule has 3 nitrogen and oxygen atoms in total. The van der Waals surface area contributed by atoms with Crippen molar-refractivity contribution >= 4 is 22.7 Å².